The standard InChI is InChI=1S/C14H14BrNO2S2/c15-11-5-7-12(8-6-11)20(17,18)10-9-19-14-4-2-1-3-13(14)16/h1-8H,9-10,16H2. The van der Waals surface area contributed by atoms with E-state index in [1.54, 1.807) is 24.3 Å². The summed E-state index contributed by atoms with van der Waals surface area (Å²) in [6.07, 6.45) is 0. The van der Waals surface area contributed by atoms with E-state index in [0.717, 1.165) is 9.37 Å². The summed E-state index contributed by atoms with van der Waals surface area (Å²) >= 11 is 4.75. The van der Waals surface area contributed by atoms with E-state index < -0.39 is 9.84 Å². The molecule has 0 aliphatic rings. The van der Waals surface area contributed by atoms with Crippen molar-refractivity contribution in [2.24, 2.45) is 0 Å². The summed E-state index contributed by atoms with van der Waals surface area (Å²) in [6, 6.07) is 14.1. The third-order valence-corrected chi connectivity index (χ3v) is 6.31. The van der Waals surface area contributed by atoms with Crippen LogP contribution in [0, 0.1) is 0 Å². The molecule has 2 aromatic rings. The predicted octanol–water partition coefficient (Wildman–Crippen LogP) is 3.60. The van der Waals surface area contributed by atoms with Crippen LogP contribution in [0.2, 0.25) is 0 Å². The molecule has 0 heterocycles. The van der Waals surface area contributed by atoms with E-state index in [1.807, 2.05) is 24.3 Å². The maximum absolute atomic E-state index is 12.2. The molecule has 0 atom stereocenters. The molecule has 0 bridgehead atoms. The van der Waals surface area contributed by atoms with Crippen molar-refractivity contribution in [1.82, 2.24) is 0 Å². The van der Waals surface area contributed by atoms with Gasteiger partial charge in [-0.3, -0.25) is 0 Å². The van der Waals surface area contributed by atoms with Gasteiger partial charge in [0.25, 0.3) is 0 Å². The van der Waals surface area contributed by atoms with Crippen LogP contribution in [0.15, 0.2) is 62.8 Å². The number of hydrogen-bond acceptors (Lipinski definition) is 4. The van der Waals surface area contributed by atoms with Gasteiger partial charge in [0.05, 0.1) is 10.6 Å². The molecule has 0 aliphatic carbocycles. The van der Waals surface area contributed by atoms with Crippen molar-refractivity contribution in [1.29, 1.82) is 0 Å². The Morgan fingerprint density at radius 3 is 2.35 bits per heavy atom. The van der Waals surface area contributed by atoms with Crippen molar-refractivity contribution in [3.63, 3.8) is 0 Å². The largest absolute Gasteiger partial charge is 0.398 e. The van der Waals surface area contributed by atoms with E-state index >= 15 is 0 Å². The maximum atomic E-state index is 12.2. The molecule has 0 spiro atoms. The minimum absolute atomic E-state index is 0.0909. The fourth-order valence-electron chi connectivity index (χ4n) is 1.63. The van der Waals surface area contributed by atoms with Gasteiger partial charge >= 0.3 is 0 Å². The first-order valence-corrected chi connectivity index (χ1v) is 9.38. The van der Waals surface area contributed by atoms with Crippen LogP contribution in [0.1, 0.15) is 0 Å². The molecular formula is C14H14BrNO2S2. The van der Waals surface area contributed by atoms with Crippen LogP contribution < -0.4 is 5.73 Å². The number of rotatable bonds is 5. The first-order valence-electron chi connectivity index (χ1n) is 5.95. The second-order valence-electron chi connectivity index (χ2n) is 4.16. The lowest BCUT2D eigenvalue weighted by atomic mass is 10.3. The van der Waals surface area contributed by atoms with E-state index in [1.165, 1.54) is 11.8 Å². The first-order chi connectivity index (χ1) is 9.49. The van der Waals surface area contributed by atoms with Crippen LogP contribution in [-0.2, 0) is 9.84 Å². The average molecular weight is 372 g/mol. The summed E-state index contributed by atoms with van der Waals surface area (Å²) in [4.78, 5) is 1.26. The van der Waals surface area contributed by atoms with Gasteiger partial charge in [-0.1, -0.05) is 28.1 Å². The van der Waals surface area contributed by atoms with Gasteiger partial charge in [0.1, 0.15) is 0 Å². The molecular weight excluding hydrogens is 358 g/mol. The fourth-order valence-corrected chi connectivity index (χ4v) is 4.52. The zero-order valence-corrected chi connectivity index (χ0v) is 13.8. The molecule has 0 radical (unpaired) electrons. The van der Waals surface area contributed by atoms with Crippen molar-refractivity contribution < 1.29 is 8.42 Å². The molecule has 6 heteroatoms. The minimum Gasteiger partial charge on any atom is -0.398 e. The molecule has 2 aromatic carbocycles. The summed E-state index contributed by atoms with van der Waals surface area (Å²) < 4.78 is 25.2. The molecule has 0 saturated carbocycles. The highest BCUT2D eigenvalue weighted by atomic mass is 79.9. The minimum atomic E-state index is -3.24. The van der Waals surface area contributed by atoms with Crippen molar-refractivity contribution in [3.05, 3.63) is 53.0 Å². The van der Waals surface area contributed by atoms with Gasteiger partial charge in [-0.25, -0.2) is 8.42 Å². The van der Waals surface area contributed by atoms with Crippen LogP contribution in [0.3, 0.4) is 0 Å². The Kier molecular flexibility index (Phi) is 5.12. The van der Waals surface area contributed by atoms with Crippen LogP contribution in [-0.4, -0.2) is 19.9 Å². The lowest BCUT2D eigenvalue weighted by Crippen LogP contribution is -2.08. The molecule has 0 unspecified atom stereocenters. The quantitative estimate of drug-likeness (QED) is 0.644. The Hall–Kier alpha value is -0.980. The number of nitrogens with two attached hydrogens (primary N) is 1. The van der Waals surface area contributed by atoms with Crippen molar-refractivity contribution in [3.8, 4) is 0 Å². The monoisotopic (exact) mass is 371 g/mol. The Morgan fingerprint density at radius 2 is 1.70 bits per heavy atom. The zero-order valence-electron chi connectivity index (χ0n) is 10.6. The Balaban J connectivity index is 2.00. The van der Waals surface area contributed by atoms with Crippen molar-refractivity contribution in [2.75, 3.05) is 17.2 Å². The van der Waals surface area contributed by atoms with Gasteiger partial charge in [-0.05, 0) is 36.4 Å². The second kappa shape index (κ2) is 6.65. The molecule has 3 nitrogen and oxygen atoms in total. The Labute approximate surface area is 131 Å². The summed E-state index contributed by atoms with van der Waals surface area (Å²) in [5.41, 5.74) is 6.50. The van der Waals surface area contributed by atoms with Crippen LogP contribution in [0.4, 0.5) is 5.69 Å². The maximum Gasteiger partial charge on any atom is 0.179 e. The molecule has 2 N–H and O–H groups in total. The summed E-state index contributed by atoms with van der Waals surface area (Å²) in [6.45, 7) is 0. The molecule has 106 valence electrons. The number of halogens is 1. The summed E-state index contributed by atoms with van der Waals surface area (Å²) in [7, 11) is -3.24. The van der Waals surface area contributed by atoms with Crippen LogP contribution >= 0.6 is 27.7 Å². The highest BCUT2D eigenvalue weighted by Gasteiger charge is 2.14. The Bertz CT molecular complexity index is 685. The van der Waals surface area contributed by atoms with Gasteiger partial charge in [-0.2, -0.15) is 0 Å². The van der Waals surface area contributed by atoms with Gasteiger partial charge < -0.3 is 5.73 Å². The van der Waals surface area contributed by atoms with Crippen molar-refractivity contribution >= 4 is 43.2 Å². The molecule has 0 aromatic heterocycles. The molecule has 0 aliphatic heterocycles. The molecule has 2 rings (SSSR count). The lowest BCUT2D eigenvalue weighted by Gasteiger charge is -2.06. The molecule has 0 saturated heterocycles. The summed E-state index contributed by atoms with van der Waals surface area (Å²) in [5, 5.41) is 0. The normalized spacial score (nSPS) is 11.4. The average Bonchev–Trinajstić information content (AvgIpc) is 2.41. The van der Waals surface area contributed by atoms with E-state index in [0.29, 0.717) is 16.3 Å². The number of sulfone groups is 1. The number of benzene rings is 2. The molecule has 0 amide bonds. The number of hydrogen-bond donors (Lipinski definition) is 1. The van der Waals surface area contributed by atoms with Gasteiger partial charge in [0, 0.05) is 20.8 Å². The number of nitrogen functional groups attached to an aromatic ring is 1. The van der Waals surface area contributed by atoms with E-state index in [4.69, 9.17) is 5.73 Å². The highest BCUT2D eigenvalue weighted by Crippen LogP contribution is 2.25. The van der Waals surface area contributed by atoms with Gasteiger partial charge in [-0.15, -0.1) is 11.8 Å². The van der Waals surface area contributed by atoms with E-state index in [9.17, 15) is 8.42 Å². The SMILES string of the molecule is Nc1ccccc1SCCS(=O)(=O)c1ccc(Br)cc1. The lowest BCUT2D eigenvalue weighted by molar-refractivity contribution is 0.597. The van der Waals surface area contributed by atoms with E-state index in [2.05, 4.69) is 15.9 Å². The van der Waals surface area contributed by atoms with Crippen LogP contribution in [0.25, 0.3) is 0 Å². The molecule has 0 fully saturated rings. The zero-order chi connectivity index (χ0) is 14.6. The van der Waals surface area contributed by atoms with Gasteiger partial charge in [0.15, 0.2) is 9.84 Å². The molecule has 20 heavy (non-hydrogen) atoms. The summed E-state index contributed by atoms with van der Waals surface area (Å²) in [5.74, 6) is 0.570. The van der Waals surface area contributed by atoms with E-state index in [-0.39, 0.29) is 5.75 Å². The van der Waals surface area contributed by atoms with Crippen LogP contribution in [0.5, 0.6) is 0 Å². The number of thioether (sulfide) groups is 1. The second-order valence-corrected chi connectivity index (χ2v) is 8.32. The predicted molar refractivity (Wildman–Crippen MR) is 87.8 cm³/mol. The number of anilines is 1. The third kappa shape index (κ3) is 4.01. The topological polar surface area (TPSA) is 60.2 Å². The van der Waals surface area contributed by atoms with Crippen molar-refractivity contribution in [2.45, 2.75) is 9.79 Å². The first kappa shape index (κ1) is 15.4. The fraction of sp³-hybridized carbons (Fsp3) is 0.143. The van der Waals surface area contributed by atoms with Gasteiger partial charge in [0.2, 0.25) is 0 Å². The smallest absolute Gasteiger partial charge is 0.179 e. The number of para-hydroxylation sites is 1. The third-order valence-electron chi connectivity index (χ3n) is 2.70. The Morgan fingerprint density at radius 1 is 1.05 bits per heavy atom. The highest BCUT2D eigenvalue weighted by molar-refractivity contribution is 9.10.